The highest BCUT2D eigenvalue weighted by molar-refractivity contribution is 7.89. The van der Waals surface area contributed by atoms with Gasteiger partial charge in [0, 0.05) is 6.54 Å². The second kappa shape index (κ2) is 6.26. The highest BCUT2D eigenvalue weighted by atomic mass is 32.2. The number of nitrogens with one attached hydrogen (secondary N) is 1. The largest absolute Gasteiger partial charge is 0.392 e. The third-order valence-electron chi connectivity index (χ3n) is 2.57. The topological polar surface area (TPSA) is 66.4 Å². The molecule has 102 valence electrons. The molecule has 0 radical (unpaired) electrons. The lowest BCUT2D eigenvalue weighted by Gasteiger charge is -2.11. The lowest BCUT2D eigenvalue weighted by Crippen LogP contribution is -2.32. The van der Waals surface area contributed by atoms with Crippen LogP contribution >= 0.6 is 0 Å². The van der Waals surface area contributed by atoms with Gasteiger partial charge in [-0.2, -0.15) is 0 Å². The average molecular weight is 275 g/mol. The zero-order chi connectivity index (χ0) is 13.8. The molecule has 1 aromatic carbocycles. The van der Waals surface area contributed by atoms with Gasteiger partial charge >= 0.3 is 0 Å². The summed E-state index contributed by atoms with van der Waals surface area (Å²) < 4.78 is 39.1. The second-order valence-electron chi connectivity index (χ2n) is 4.21. The summed E-state index contributed by atoms with van der Waals surface area (Å²) in [5, 5.41) is 9.47. The van der Waals surface area contributed by atoms with Crippen molar-refractivity contribution in [3.8, 4) is 0 Å². The highest BCUT2D eigenvalue weighted by Crippen LogP contribution is 2.14. The molecule has 1 aromatic rings. The lowest BCUT2D eigenvalue weighted by molar-refractivity contribution is 0.167. The van der Waals surface area contributed by atoms with Gasteiger partial charge in [0.25, 0.3) is 0 Å². The van der Waals surface area contributed by atoms with Crippen molar-refractivity contribution in [1.82, 2.24) is 4.72 Å². The summed E-state index contributed by atoms with van der Waals surface area (Å²) in [6.07, 6.45) is 0.607. The number of hydrogen-bond donors (Lipinski definition) is 2. The number of halogens is 1. The third kappa shape index (κ3) is 4.04. The Kier molecular flexibility index (Phi) is 5.25. The predicted octanol–water partition coefficient (Wildman–Crippen LogP) is 1.57. The van der Waals surface area contributed by atoms with E-state index in [1.165, 1.54) is 19.1 Å². The van der Waals surface area contributed by atoms with Crippen molar-refractivity contribution in [2.24, 2.45) is 0 Å². The summed E-state index contributed by atoms with van der Waals surface area (Å²) in [6.45, 7) is 3.37. The number of aliphatic hydroxyl groups excluding tert-OH is 1. The maximum Gasteiger partial charge on any atom is 0.240 e. The standard InChI is InChI=1S/C12H18FNO3S/c1-3-4-10(15)8-14-18(16,17)11-5-6-12(13)9(2)7-11/h5-7,10,14-15H,3-4,8H2,1-2H3. The fourth-order valence-electron chi connectivity index (χ4n) is 1.51. The molecule has 0 saturated heterocycles. The Morgan fingerprint density at radius 1 is 1.44 bits per heavy atom. The number of hydrogen-bond acceptors (Lipinski definition) is 3. The van der Waals surface area contributed by atoms with Crippen LogP contribution in [0.1, 0.15) is 25.3 Å². The zero-order valence-electron chi connectivity index (χ0n) is 10.5. The molecule has 0 spiro atoms. The highest BCUT2D eigenvalue weighted by Gasteiger charge is 2.16. The van der Waals surface area contributed by atoms with Crippen LogP contribution < -0.4 is 4.72 Å². The van der Waals surface area contributed by atoms with E-state index in [0.717, 1.165) is 12.5 Å². The summed E-state index contributed by atoms with van der Waals surface area (Å²) in [5.41, 5.74) is 0.270. The number of sulfonamides is 1. The van der Waals surface area contributed by atoms with Gasteiger partial charge in [-0.3, -0.25) is 0 Å². The Morgan fingerprint density at radius 3 is 2.67 bits per heavy atom. The first-order valence-electron chi connectivity index (χ1n) is 5.80. The molecule has 0 aliphatic heterocycles. The fourth-order valence-corrected chi connectivity index (χ4v) is 2.67. The maximum atomic E-state index is 13.0. The molecule has 0 aliphatic carbocycles. The SMILES string of the molecule is CCCC(O)CNS(=O)(=O)c1ccc(F)c(C)c1. The van der Waals surface area contributed by atoms with Gasteiger partial charge in [0.15, 0.2) is 0 Å². The van der Waals surface area contributed by atoms with Crippen molar-refractivity contribution < 1.29 is 17.9 Å². The molecular weight excluding hydrogens is 257 g/mol. The number of rotatable bonds is 6. The first kappa shape index (κ1) is 15.1. The molecular formula is C12H18FNO3S. The molecule has 0 aromatic heterocycles. The molecule has 0 amide bonds. The van der Waals surface area contributed by atoms with E-state index in [2.05, 4.69) is 4.72 Å². The summed E-state index contributed by atoms with van der Waals surface area (Å²) in [7, 11) is -3.69. The van der Waals surface area contributed by atoms with Crippen LogP contribution in [-0.2, 0) is 10.0 Å². The first-order valence-corrected chi connectivity index (χ1v) is 7.29. The molecule has 0 aliphatic rings. The lowest BCUT2D eigenvalue weighted by atomic mass is 10.2. The molecule has 0 heterocycles. The number of aryl methyl sites for hydroxylation is 1. The van der Waals surface area contributed by atoms with Gasteiger partial charge in [-0.15, -0.1) is 0 Å². The number of aliphatic hydroxyl groups is 1. The zero-order valence-corrected chi connectivity index (χ0v) is 11.3. The van der Waals surface area contributed by atoms with Gasteiger partial charge in [0.05, 0.1) is 11.0 Å². The average Bonchev–Trinajstić information content (AvgIpc) is 2.30. The van der Waals surface area contributed by atoms with Crippen LogP contribution in [0.25, 0.3) is 0 Å². The molecule has 1 rings (SSSR count). The van der Waals surface area contributed by atoms with Crippen molar-refractivity contribution in [2.45, 2.75) is 37.7 Å². The Balaban J connectivity index is 2.77. The molecule has 0 bridgehead atoms. The molecule has 1 unspecified atom stereocenters. The minimum absolute atomic E-state index is 0.00472. The monoisotopic (exact) mass is 275 g/mol. The first-order chi connectivity index (χ1) is 8.36. The van der Waals surface area contributed by atoms with Crippen LogP contribution in [0, 0.1) is 12.7 Å². The Morgan fingerprint density at radius 2 is 2.11 bits per heavy atom. The van der Waals surface area contributed by atoms with E-state index in [9.17, 15) is 17.9 Å². The van der Waals surface area contributed by atoms with E-state index in [1.807, 2.05) is 6.92 Å². The van der Waals surface area contributed by atoms with E-state index in [-0.39, 0.29) is 17.0 Å². The number of benzene rings is 1. The summed E-state index contributed by atoms with van der Waals surface area (Å²) in [6, 6.07) is 3.59. The molecule has 18 heavy (non-hydrogen) atoms. The van der Waals surface area contributed by atoms with Gasteiger partial charge in [-0.05, 0) is 37.1 Å². The summed E-state index contributed by atoms with van der Waals surface area (Å²) >= 11 is 0. The Hall–Kier alpha value is -0.980. The minimum atomic E-state index is -3.69. The van der Waals surface area contributed by atoms with E-state index < -0.39 is 21.9 Å². The van der Waals surface area contributed by atoms with Crippen LogP contribution in [0.15, 0.2) is 23.1 Å². The van der Waals surface area contributed by atoms with Crippen LogP contribution in [-0.4, -0.2) is 26.2 Å². The third-order valence-corrected chi connectivity index (χ3v) is 3.99. The Labute approximate surface area is 107 Å². The molecule has 4 nitrogen and oxygen atoms in total. The predicted molar refractivity (Wildman–Crippen MR) is 67.2 cm³/mol. The van der Waals surface area contributed by atoms with Crippen molar-refractivity contribution in [2.75, 3.05) is 6.54 Å². The van der Waals surface area contributed by atoms with Gasteiger partial charge < -0.3 is 5.11 Å². The summed E-state index contributed by atoms with van der Waals surface area (Å²) in [4.78, 5) is 0.00472. The van der Waals surface area contributed by atoms with Crippen molar-refractivity contribution in [3.05, 3.63) is 29.6 Å². The van der Waals surface area contributed by atoms with Gasteiger partial charge in [0.1, 0.15) is 5.82 Å². The quantitative estimate of drug-likeness (QED) is 0.828. The Bertz CT molecular complexity index is 502. The van der Waals surface area contributed by atoms with Crippen molar-refractivity contribution in [3.63, 3.8) is 0 Å². The van der Waals surface area contributed by atoms with Crippen molar-refractivity contribution >= 4 is 10.0 Å². The van der Waals surface area contributed by atoms with E-state index in [4.69, 9.17) is 0 Å². The molecule has 1 atom stereocenters. The van der Waals surface area contributed by atoms with Crippen LogP contribution in [0.4, 0.5) is 4.39 Å². The van der Waals surface area contributed by atoms with Crippen LogP contribution in [0.3, 0.4) is 0 Å². The molecule has 0 fully saturated rings. The van der Waals surface area contributed by atoms with Gasteiger partial charge in [-0.25, -0.2) is 17.5 Å². The molecule has 0 saturated carbocycles. The normalized spacial score (nSPS) is 13.6. The maximum absolute atomic E-state index is 13.0. The molecule has 6 heteroatoms. The summed E-state index contributed by atoms with van der Waals surface area (Å²) in [5.74, 6) is -0.444. The van der Waals surface area contributed by atoms with Crippen LogP contribution in [0.2, 0.25) is 0 Å². The van der Waals surface area contributed by atoms with Gasteiger partial charge in [0.2, 0.25) is 10.0 Å². The minimum Gasteiger partial charge on any atom is -0.392 e. The second-order valence-corrected chi connectivity index (χ2v) is 5.97. The van der Waals surface area contributed by atoms with Gasteiger partial charge in [-0.1, -0.05) is 13.3 Å². The van der Waals surface area contributed by atoms with E-state index in [0.29, 0.717) is 6.42 Å². The van der Waals surface area contributed by atoms with E-state index >= 15 is 0 Å². The smallest absolute Gasteiger partial charge is 0.240 e. The van der Waals surface area contributed by atoms with Crippen molar-refractivity contribution in [1.29, 1.82) is 0 Å². The van der Waals surface area contributed by atoms with Crippen LogP contribution in [0.5, 0.6) is 0 Å². The fraction of sp³-hybridized carbons (Fsp3) is 0.500. The van der Waals surface area contributed by atoms with E-state index in [1.54, 1.807) is 0 Å². The molecule has 2 N–H and O–H groups in total.